The maximum atomic E-state index is 11.7. The Morgan fingerprint density at radius 3 is 2.59 bits per heavy atom. The molecule has 4 heteroatoms. The van der Waals surface area contributed by atoms with Crippen molar-refractivity contribution in [2.45, 2.75) is 38.6 Å². The summed E-state index contributed by atoms with van der Waals surface area (Å²) in [6, 6.07) is 0. The maximum absolute atomic E-state index is 11.7. The third-order valence-corrected chi connectivity index (χ3v) is 3.26. The molecule has 0 amide bonds. The zero-order valence-corrected chi connectivity index (χ0v) is 10.1. The predicted molar refractivity (Wildman–Crippen MR) is 61.4 cm³/mol. The molecule has 2 aliphatic rings. The Morgan fingerprint density at radius 1 is 1.29 bits per heavy atom. The lowest BCUT2D eigenvalue weighted by Gasteiger charge is -2.25. The van der Waals surface area contributed by atoms with Crippen molar-refractivity contribution >= 4 is 11.6 Å². The fraction of sp³-hybridized carbons (Fsp3) is 0.538. The van der Waals surface area contributed by atoms with Gasteiger partial charge in [0, 0.05) is 5.57 Å². The van der Waals surface area contributed by atoms with E-state index in [1.54, 1.807) is 0 Å². The van der Waals surface area contributed by atoms with E-state index in [0.29, 0.717) is 12.2 Å². The van der Waals surface area contributed by atoms with E-state index in [0.717, 1.165) is 12.8 Å². The van der Waals surface area contributed by atoms with Crippen molar-refractivity contribution in [3.63, 3.8) is 0 Å². The Balaban J connectivity index is 2.16. The van der Waals surface area contributed by atoms with E-state index in [2.05, 4.69) is 0 Å². The second kappa shape index (κ2) is 4.55. The van der Waals surface area contributed by atoms with Crippen LogP contribution in [0.1, 0.15) is 26.7 Å². The van der Waals surface area contributed by atoms with Crippen molar-refractivity contribution in [1.29, 1.82) is 0 Å². The second-order valence-corrected chi connectivity index (χ2v) is 4.23. The molecule has 1 aliphatic heterocycles. The molecule has 1 fully saturated rings. The quantitative estimate of drug-likeness (QED) is 0.698. The first-order valence-corrected chi connectivity index (χ1v) is 5.90. The van der Waals surface area contributed by atoms with Crippen molar-refractivity contribution in [1.82, 2.24) is 0 Å². The molecule has 0 saturated carbocycles. The predicted octanol–water partition coefficient (Wildman–Crippen LogP) is 1.55. The van der Waals surface area contributed by atoms with E-state index in [1.165, 1.54) is 18.2 Å². The fourth-order valence-corrected chi connectivity index (χ4v) is 2.11. The third kappa shape index (κ3) is 2.23. The summed E-state index contributed by atoms with van der Waals surface area (Å²) in [5, 5.41) is 0. The minimum Gasteiger partial charge on any atom is -0.347 e. The Labute approximate surface area is 100 Å². The van der Waals surface area contributed by atoms with Crippen LogP contribution in [0.4, 0.5) is 0 Å². The minimum atomic E-state index is -0.601. The van der Waals surface area contributed by atoms with Gasteiger partial charge in [-0.05, 0) is 31.1 Å². The topological polar surface area (TPSA) is 52.6 Å². The van der Waals surface area contributed by atoms with E-state index < -0.39 is 11.9 Å². The van der Waals surface area contributed by atoms with Gasteiger partial charge in [0.2, 0.25) is 0 Å². The molecule has 0 bridgehead atoms. The molecule has 1 heterocycles. The summed E-state index contributed by atoms with van der Waals surface area (Å²) in [5.41, 5.74) is 0.404. The molecule has 1 aliphatic carbocycles. The Bertz CT molecular complexity index is 402. The van der Waals surface area contributed by atoms with Crippen LogP contribution in [0.15, 0.2) is 23.8 Å². The number of ketones is 2. The number of hydrogen-bond acceptors (Lipinski definition) is 4. The highest BCUT2D eigenvalue weighted by Crippen LogP contribution is 2.33. The molecular formula is C13H16O4. The van der Waals surface area contributed by atoms with Crippen molar-refractivity contribution in [3.8, 4) is 0 Å². The van der Waals surface area contributed by atoms with Crippen LogP contribution in [0, 0.1) is 0 Å². The molecule has 17 heavy (non-hydrogen) atoms. The van der Waals surface area contributed by atoms with Crippen molar-refractivity contribution < 1.29 is 19.1 Å². The first-order chi connectivity index (χ1) is 8.10. The Kier molecular flexibility index (Phi) is 3.26. The molecule has 1 saturated heterocycles. The van der Waals surface area contributed by atoms with Gasteiger partial charge < -0.3 is 9.47 Å². The molecule has 4 nitrogen and oxygen atoms in total. The number of ether oxygens (including phenoxy) is 2. The normalized spacial score (nSPS) is 27.4. The van der Waals surface area contributed by atoms with Gasteiger partial charge >= 0.3 is 0 Å². The van der Waals surface area contributed by atoms with E-state index in [1.807, 2.05) is 13.8 Å². The van der Waals surface area contributed by atoms with Crippen LogP contribution in [-0.4, -0.2) is 30.1 Å². The molecule has 0 aromatic rings. The molecule has 2 rings (SSSR count). The average molecular weight is 236 g/mol. The van der Waals surface area contributed by atoms with Crippen LogP contribution < -0.4 is 0 Å². The van der Waals surface area contributed by atoms with E-state index in [-0.39, 0.29) is 11.6 Å². The van der Waals surface area contributed by atoms with Crippen LogP contribution in [0.3, 0.4) is 0 Å². The van der Waals surface area contributed by atoms with Crippen molar-refractivity contribution in [2.75, 3.05) is 6.61 Å². The van der Waals surface area contributed by atoms with Gasteiger partial charge in [-0.1, -0.05) is 13.8 Å². The molecule has 1 unspecified atom stereocenters. The Hall–Kier alpha value is -1.26. The monoisotopic (exact) mass is 236 g/mol. The molecule has 0 N–H and O–H groups in total. The molecule has 0 aromatic heterocycles. The van der Waals surface area contributed by atoms with E-state index >= 15 is 0 Å². The molecule has 0 aromatic carbocycles. The van der Waals surface area contributed by atoms with Crippen LogP contribution in [0.5, 0.6) is 0 Å². The molecular weight excluding hydrogens is 220 g/mol. The minimum absolute atomic E-state index is 0.166. The van der Waals surface area contributed by atoms with Gasteiger partial charge in [-0.3, -0.25) is 9.59 Å². The zero-order chi connectivity index (χ0) is 12.5. The summed E-state index contributed by atoms with van der Waals surface area (Å²) in [6.45, 7) is 4.29. The lowest BCUT2D eigenvalue weighted by molar-refractivity contribution is -0.168. The summed E-state index contributed by atoms with van der Waals surface area (Å²) in [4.78, 5) is 22.9. The molecule has 1 atom stereocenters. The SMILES string of the molecule is CCC1(CC)OCC(C2=CC(=O)C=CC2=O)O1. The lowest BCUT2D eigenvalue weighted by Crippen LogP contribution is -2.30. The lowest BCUT2D eigenvalue weighted by atomic mass is 9.99. The van der Waals surface area contributed by atoms with Gasteiger partial charge in [0.25, 0.3) is 0 Å². The summed E-state index contributed by atoms with van der Waals surface area (Å²) < 4.78 is 11.4. The third-order valence-electron chi connectivity index (χ3n) is 3.26. The van der Waals surface area contributed by atoms with Gasteiger partial charge in [-0.15, -0.1) is 0 Å². The number of carbonyl (C=O) groups excluding carboxylic acids is 2. The molecule has 0 spiro atoms. The van der Waals surface area contributed by atoms with Gasteiger partial charge in [0.05, 0.1) is 6.61 Å². The van der Waals surface area contributed by atoms with Crippen LogP contribution in [-0.2, 0) is 19.1 Å². The fourth-order valence-electron chi connectivity index (χ4n) is 2.11. The smallest absolute Gasteiger partial charge is 0.184 e. The highest BCUT2D eigenvalue weighted by Gasteiger charge is 2.41. The number of allylic oxidation sites excluding steroid dienone is 3. The maximum Gasteiger partial charge on any atom is 0.184 e. The van der Waals surface area contributed by atoms with Crippen LogP contribution >= 0.6 is 0 Å². The summed E-state index contributed by atoms with van der Waals surface area (Å²) in [5.74, 6) is -0.939. The van der Waals surface area contributed by atoms with Gasteiger partial charge in [-0.25, -0.2) is 0 Å². The van der Waals surface area contributed by atoms with Crippen LogP contribution in [0.2, 0.25) is 0 Å². The van der Waals surface area contributed by atoms with Crippen molar-refractivity contribution in [3.05, 3.63) is 23.8 Å². The Morgan fingerprint density at radius 2 is 2.00 bits per heavy atom. The standard InChI is InChI=1S/C13H16O4/c1-3-13(4-2)16-8-12(17-13)10-7-9(14)5-6-11(10)15/h5-7,12H,3-4,8H2,1-2H3. The zero-order valence-electron chi connectivity index (χ0n) is 10.1. The van der Waals surface area contributed by atoms with Gasteiger partial charge in [0.1, 0.15) is 6.10 Å². The van der Waals surface area contributed by atoms with Crippen LogP contribution in [0.25, 0.3) is 0 Å². The largest absolute Gasteiger partial charge is 0.347 e. The summed E-state index contributed by atoms with van der Waals surface area (Å²) >= 11 is 0. The number of carbonyl (C=O) groups is 2. The summed E-state index contributed by atoms with van der Waals surface area (Å²) in [6.07, 6.45) is 4.94. The highest BCUT2D eigenvalue weighted by atomic mass is 16.7. The first kappa shape index (κ1) is 12.2. The highest BCUT2D eigenvalue weighted by molar-refractivity contribution is 6.17. The molecule has 92 valence electrons. The number of hydrogen-bond donors (Lipinski definition) is 0. The van der Waals surface area contributed by atoms with Gasteiger partial charge in [0.15, 0.2) is 17.4 Å². The van der Waals surface area contributed by atoms with Gasteiger partial charge in [-0.2, -0.15) is 0 Å². The van der Waals surface area contributed by atoms with E-state index in [9.17, 15) is 9.59 Å². The average Bonchev–Trinajstić information content (AvgIpc) is 2.77. The van der Waals surface area contributed by atoms with Crippen molar-refractivity contribution in [2.24, 2.45) is 0 Å². The summed E-state index contributed by atoms with van der Waals surface area (Å²) in [7, 11) is 0. The second-order valence-electron chi connectivity index (χ2n) is 4.23. The first-order valence-electron chi connectivity index (χ1n) is 5.90. The number of rotatable bonds is 3. The van der Waals surface area contributed by atoms with E-state index in [4.69, 9.17) is 9.47 Å². The molecule has 0 radical (unpaired) electrons.